The number of hydrogen-bond acceptors (Lipinski definition) is 8. The zero-order valence-corrected chi connectivity index (χ0v) is 23.2. The molecule has 0 aromatic carbocycles. The van der Waals surface area contributed by atoms with Crippen molar-refractivity contribution in [2.45, 2.75) is 32.3 Å². The third-order valence-electron chi connectivity index (χ3n) is 7.84. The van der Waals surface area contributed by atoms with Gasteiger partial charge in [-0.05, 0) is 13.0 Å². The van der Waals surface area contributed by atoms with Crippen molar-refractivity contribution in [3.63, 3.8) is 0 Å². The fraction of sp³-hybridized carbons (Fsp3) is 0.519. The SMILES string of the molecule is CCS(=O)(=O)N1CC(COc2cc(-c3cn(C)c4cnc(NC(C)=O)cc34)nc3c2CCOC32CCOC2)C1. The predicted octanol–water partition coefficient (Wildman–Crippen LogP) is 2.44. The van der Waals surface area contributed by atoms with Crippen LogP contribution in [0.2, 0.25) is 0 Å². The first-order valence-electron chi connectivity index (χ1n) is 13.3. The molecule has 1 N–H and O–H groups in total. The second-order valence-electron chi connectivity index (χ2n) is 10.5. The van der Waals surface area contributed by atoms with Gasteiger partial charge in [0.05, 0.1) is 48.7 Å². The molecule has 208 valence electrons. The number of pyridine rings is 2. The fourth-order valence-corrected chi connectivity index (χ4v) is 6.91. The standard InChI is InChI=1S/C27H33N5O6S/c1-4-39(34,35)32-12-18(13-32)15-37-24-10-22(30-26-19(24)5-7-38-27(26)6-8-36-16-27)21-14-31(3)23-11-28-25(9-20(21)23)29-17(2)33/h9-11,14,18H,4-8,12-13,15-16H2,1-3H3,(H,28,29,33). The summed E-state index contributed by atoms with van der Waals surface area (Å²) in [7, 11) is -1.23. The van der Waals surface area contributed by atoms with Gasteiger partial charge < -0.3 is 24.1 Å². The van der Waals surface area contributed by atoms with Crippen LogP contribution in [0.25, 0.3) is 22.2 Å². The Bertz CT molecular complexity index is 1540. The highest BCUT2D eigenvalue weighted by Crippen LogP contribution is 2.44. The zero-order valence-electron chi connectivity index (χ0n) is 22.4. The molecule has 39 heavy (non-hydrogen) atoms. The number of sulfonamides is 1. The lowest BCUT2D eigenvalue weighted by Gasteiger charge is -2.38. The largest absolute Gasteiger partial charge is 0.493 e. The maximum atomic E-state index is 12.2. The summed E-state index contributed by atoms with van der Waals surface area (Å²) in [6.45, 7) is 6.08. The zero-order chi connectivity index (χ0) is 27.4. The number of nitrogens with one attached hydrogen (secondary N) is 1. The van der Waals surface area contributed by atoms with Crippen molar-refractivity contribution >= 4 is 32.7 Å². The molecule has 1 amide bonds. The summed E-state index contributed by atoms with van der Waals surface area (Å²) in [6, 6.07) is 3.83. The molecule has 1 spiro atoms. The number of carbonyl (C=O) groups is 1. The average molecular weight is 556 g/mol. The van der Waals surface area contributed by atoms with Crippen molar-refractivity contribution in [2.75, 3.05) is 50.6 Å². The Morgan fingerprint density at radius 2 is 2.10 bits per heavy atom. The summed E-state index contributed by atoms with van der Waals surface area (Å²) in [5, 5.41) is 3.67. The van der Waals surface area contributed by atoms with Crippen molar-refractivity contribution in [3.05, 3.63) is 35.8 Å². The minimum Gasteiger partial charge on any atom is -0.493 e. The van der Waals surface area contributed by atoms with Crippen molar-refractivity contribution in [3.8, 4) is 17.0 Å². The van der Waals surface area contributed by atoms with Gasteiger partial charge in [-0.1, -0.05) is 0 Å². The highest BCUT2D eigenvalue weighted by atomic mass is 32.2. The van der Waals surface area contributed by atoms with Crippen LogP contribution in [-0.4, -0.2) is 78.4 Å². The van der Waals surface area contributed by atoms with Crippen LogP contribution >= 0.6 is 0 Å². The van der Waals surface area contributed by atoms with Crippen LogP contribution in [0.1, 0.15) is 31.5 Å². The van der Waals surface area contributed by atoms with E-state index in [1.807, 2.05) is 29.9 Å². The number of hydrogen-bond donors (Lipinski definition) is 1. The highest BCUT2D eigenvalue weighted by Gasteiger charge is 2.45. The quantitative estimate of drug-likeness (QED) is 0.471. The van der Waals surface area contributed by atoms with Gasteiger partial charge in [0.2, 0.25) is 15.9 Å². The number of anilines is 1. The van der Waals surface area contributed by atoms with E-state index in [1.54, 1.807) is 13.1 Å². The number of fused-ring (bicyclic) bond motifs is 3. The molecule has 0 saturated carbocycles. The van der Waals surface area contributed by atoms with Crippen LogP contribution in [0, 0.1) is 5.92 Å². The molecule has 1 unspecified atom stereocenters. The van der Waals surface area contributed by atoms with Crippen molar-refractivity contribution in [1.82, 2.24) is 18.8 Å². The van der Waals surface area contributed by atoms with Crippen molar-refractivity contribution < 1.29 is 27.4 Å². The van der Waals surface area contributed by atoms with E-state index in [0.29, 0.717) is 58.2 Å². The van der Waals surface area contributed by atoms with Gasteiger partial charge in [0.1, 0.15) is 17.2 Å². The Labute approximate surface area is 227 Å². The van der Waals surface area contributed by atoms with E-state index < -0.39 is 15.6 Å². The molecular formula is C27H33N5O6S. The monoisotopic (exact) mass is 555 g/mol. The summed E-state index contributed by atoms with van der Waals surface area (Å²) >= 11 is 0. The van der Waals surface area contributed by atoms with Crippen LogP contribution in [0.5, 0.6) is 5.75 Å². The molecule has 0 bridgehead atoms. The van der Waals surface area contributed by atoms with E-state index in [-0.39, 0.29) is 17.6 Å². The minimum absolute atomic E-state index is 0.107. The van der Waals surface area contributed by atoms with E-state index in [9.17, 15) is 13.2 Å². The molecule has 0 radical (unpaired) electrons. The van der Waals surface area contributed by atoms with Gasteiger partial charge in [-0.15, -0.1) is 0 Å². The van der Waals surface area contributed by atoms with Crippen LogP contribution in [0.4, 0.5) is 5.82 Å². The first-order chi connectivity index (χ1) is 18.7. The van der Waals surface area contributed by atoms with Gasteiger partial charge in [0.15, 0.2) is 0 Å². The van der Waals surface area contributed by atoms with Gasteiger partial charge in [-0.25, -0.2) is 22.7 Å². The van der Waals surface area contributed by atoms with Gasteiger partial charge in [-0.2, -0.15) is 0 Å². The Kier molecular flexibility index (Phi) is 6.61. The summed E-state index contributed by atoms with van der Waals surface area (Å²) in [4.78, 5) is 21.2. The smallest absolute Gasteiger partial charge is 0.222 e. The van der Waals surface area contributed by atoms with E-state index in [1.165, 1.54) is 11.2 Å². The minimum atomic E-state index is -3.18. The number of amides is 1. The molecule has 1 atom stereocenters. The lowest BCUT2D eigenvalue weighted by molar-refractivity contribution is -0.114. The molecular weight excluding hydrogens is 522 g/mol. The molecule has 6 heterocycles. The van der Waals surface area contributed by atoms with Gasteiger partial charge in [0.25, 0.3) is 0 Å². The van der Waals surface area contributed by atoms with Crippen molar-refractivity contribution in [1.29, 1.82) is 0 Å². The Morgan fingerprint density at radius 1 is 1.28 bits per heavy atom. The molecule has 3 aromatic rings. The lowest BCUT2D eigenvalue weighted by atomic mass is 9.89. The summed E-state index contributed by atoms with van der Waals surface area (Å²) in [6.07, 6.45) is 5.13. The van der Waals surface area contributed by atoms with Crippen LogP contribution in [-0.2, 0) is 43.4 Å². The van der Waals surface area contributed by atoms with Crippen LogP contribution in [0.15, 0.2) is 24.5 Å². The highest BCUT2D eigenvalue weighted by molar-refractivity contribution is 7.89. The average Bonchev–Trinajstić information content (AvgIpc) is 3.47. The summed E-state index contributed by atoms with van der Waals surface area (Å²) < 4.78 is 46.3. The number of nitrogens with zero attached hydrogens (tertiary/aromatic N) is 4. The number of aromatic nitrogens is 3. The molecule has 0 aliphatic carbocycles. The number of ether oxygens (including phenoxy) is 3. The first kappa shape index (κ1) is 26.2. The Balaban J connectivity index is 1.39. The van der Waals surface area contributed by atoms with E-state index in [2.05, 4.69) is 10.3 Å². The fourth-order valence-electron chi connectivity index (χ4n) is 5.67. The molecule has 2 saturated heterocycles. The van der Waals surface area contributed by atoms with Crippen LogP contribution < -0.4 is 10.1 Å². The molecule has 3 aliphatic heterocycles. The Morgan fingerprint density at radius 3 is 2.82 bits per heavy atom. The topological polar surface area (TPSA) is 125 Å². The van der Waals surface area contributed by atoms with E-state index >= 15 is 0 Å². The maximum Gasteiger partial charge on any atom is 0.222 e. The molecule has 2 fully saturated rings. The third kappa shape index (κ3) is 4.69. The molecule has 3 aliphatic rings. The third-order valence-corrected chi connectivity index (χ3v) is 9.66. The Hall–Kier alpha value is -3.06. The van der Waals surface area contributed by atoms with Crippen LogP contribution in [0.3, 0.4) is 0 Å². The number of carbonyl (C=O) groups excluding carboxylic acids is 1. The van der Waals surface area contributed by atoms with E-state index in [4.69, 9.17) is 19.2 Å². The molecule has 6 rings (SSSR count). The van der Waals surface area contributed by atoms with Gasteiger partial charge in [-0.3, -0.25) is 4.79 Å². The normalized spacial score (nSPS) is 21.7. The van der Waals surface area contributed by atoms with Crippen molar-refractivity contribution in [2.24, 2.45) is 13.0 Å². The van der Waals surface area contributed by atoms with Gasteiger partial charge in [0, 0.05) is 81.2 Å². The lowest BCUT2D eigenvalue weighted by Crippen LogP contribution is -2.52. The number of rotatable bonds is 7. The van der Waals surface area contributed by atoms with Gasteiger partial charge >= 0.3 is 0 Å². The predicted molar refractivity (Wildman–Crippen MR) is 145 cm³/mol. The summed E-state index contributed by atoms with van der Waals surface area (Å²) in [5.41, 5.74) is 3.78. The second-order valence-corrected chi connectivity index (χ2v) is 12.8. The van der Waals surface area contributed by atoms with E-state index in [0.717, 1.165) is 39.2 Å². The second kappa shape index (κ2) is 9.84. The molecule has 11 nitrogen and oxygen atoms in total. The molecule has 3 aromatic heterocycles. The first-order valence-corrected chi connectivity index (χ1v) is 14.9. The maximum absolute atomic E-state index is 12.2. The molecule has 12 heteroatoms. The number of aryl methyl sites for hydroxylation is 1. The summed E-state index contributed by atoms with van der Waals surface area (Å²) in [5.74, 6) is 1.26.